The monoisotopic (exact) mass is 406 g/mol. The second-order valence-corrected chi connectivity index (χ2v) is 6.20. The first-order valence-electron chi connectivity index (χ1n) is 8.09. The average molecular weight is 407 g/mol. The van der Waals surface area contributed by atoms with E-state index in [2.05, 4.69) is 35.9 Å². The number of H-pyrrole nitrogens is 1. The minimum atomic E-state index is -0.664. The predicted octanol–water partition coefficient (Wildman–Crippen LogP) is 3.81. The summed E-state index contributed by atoms with van der Waals surface area (Å²) in [6.07, 6.45) is 0.778. The molecule has 0 bridgehead atoms. The molecule has 3 rings (SSSR count). The number of nitrogens with zero attached hydrogens (tertiary/aromatic N) is 2. The largest absolute Gasteiger partial charge is 0.453 e. The lowest BCUT2D eigenvalue weighted by Crippen LogP contribution is -2.31. The third-order valence-corrected chi connectivity index (χ3v) is 4.19. The summed E-state index contributed by atoms with van der Waals surface area (Å²) in [4.78, 5) is 27.6. The fourth-order valence-corrected chi connectivity index (χ4v) is 2.56. The van der Waals surface area contributed by atoms with Crippen LogP contribution in [0.4, 0.5) is 25.6 Å². The Kier molecular flexibility index (Phi) is 5.59. The summed E-state index contributed by atoms with van der Waals surface area (Å²) in [5, 5.41) is 14.9. The number of nitrogens with one attached hydrogen (secondary N) is 4. The van der Waals surface area contributed by atoms with Gasteiger partial charge >= 0.3 is 12.1 Å². The van der Waals surface area contributed by atoms with Crippen molar-refractivity contribution in [3.05, 3.63) is 46.9 Å². The summed E-state index contributed by atoms with van der Waals surface area (Å²) in [6, 6.07) is 4.88. The topological polar surface area (TPSA) is 121 Å². The van der Waals surface area contributed by atoms with Crippen LogP contribution in [0, 0.1) is 5.82 Å². The van der Waals surface area contributed by atoms with Crippen LogP contribution in [0.25, 0.3) is 10.9 Å². The van der Waals surface area contributed by atoms with Crippen molar-refractivity contribution in [1.29, 1.82) is 0 Å². The lowest BCUT2D eigenvalue weighted by molar-refractivity contribution is 0.187. The van der Waals surface area contributed by atoms with E-state index >= 15 is 0 Å². The molecule has 1 aromatic carbocycles. The number of halogens is 2. The number of aromatic nitrogens is 3. The highest BCUT2D eigenvalue weighted by Crippen LogP contribution is 2.22. The summed E-state index contributed by atoms with van der Waals surface area (Å²) < 4.78 is 18.1. The summed E-state index contributed by atoms with van der Waals surface area (Å²) in [7, 11) is 1.24. The quantitative estimate of drug-likeness (QED) is 0.525. The number of benzene rings is 1. The van der Waals surface area contributed by atoms with Crippen LogP contribution in [-0.4, -0.2) is 34.4 Å². The number of methoxy groups -OCH3 is 1. The molecule has 1 atom stereocenters. The van der Waals surface area contributed by atoms with E-state index in [9.17, 15) is 14.0 Å². The molecule has 0 spiro atoms. The fourth-order valence-electron chi connectivity index (χ4n) is 2.44. The van der Waals surface area contributed by atoms with Gasteiger partial charge in [-0.05, 0) is 24.6 Å². The minimum Gasteiger partial charge on any atom is -0.453 e. The molecular formula is C17H16ClFN6O3. The van der Waals surface area contributed by atoms with Crippen molar-refractivity contribution in [3.63, 3.8) is 0 Å². The van der Waals surface area contributed by atoms with Crippen LogP contribution in [0.5, 0.6) is 0 Å². The first-order valence-corrected chi connectivity index (χ1v) is 8.46. The highest BCUT2D eigenvalue weighted by atomic mass is 35.5. The Morgan fingerprint density at radius 1 is 1.29 bits per heavy atom. The summed E-state index contributed by atoms with van der Waals surface area (Å²) in [5.41, 5.74) is 1.11. The number of anilines is 2. The maximum Gasteiger partial charge on any atom is 0.412 e. The van der Waals surface area contributed by atoms with E-state index in [1.165, 1.54) is 25.4 Å². The highest BCUT2D eigenvalue weighted by Gasteiger charge is 2.14. The Morgan fingerprint density at radius 2 is 2.07 bits per heavy atom. The van der Waals surface area contributed by atoms with Crippen LogP contribution in [0.2, 0.25) is 5.02 Å². The average Bonchev–Trinajstić information content (AvgIpc) is 3.05. The third kappa shape index (κ3) is 4.29. The number of carbonyl (C=O) groups is 2. The van der Waals surface area contributed by atoms with Crippen molar-refractivity contribution >= 4 is 46.3 Å². The normalized spacial score (nSPS) is 11.7. The molecule has 3 aromatic rings. The van der Waals surface area contributed by atoms with E-state index in [4.69, 9.17) is 11.6 Å². The van der Waals surface area contributed by atoms with Gasteiger partial charge in [0, 0.05) is 12.3 Å². The number of hydrogen-bond donors (Lipinski definition) is 4. The van der Waals surface area contributed by atoms with Gasteiger partial charge in [0.25, 0.3) is 0 Å². The highest BCUT2D eigenvalue weighted by molar-refractivity contribution is 6.30. The van der Waals surface area contributed by atoms with E-state index in [0.29, 0.717) is 16.5 Å². The zero-order valence-corrected chi connectivity index (χ0v) is 15.6. The van der Waals surface area contributed by atoms with E-state index in [1.54, 1.807) is 19.1 Å². The number of amides is 3. The molecule has 0 aliphatic carbocycles. The Morgan fingerprint density at radius 3 is 2.79 bits per heavy atom. The Labute approximate surface area is 163 Å². The molecule has 0 unspecified atom stereocenters. The summed E-state index contributed by atoms with van der Waals surface area (Å²) >= 11 is 5.66. The van der Waals surface area contributed by atoms with Crippen molar-refractivity contribution < 1.29 is 18.7 Å². The van der Waals surface area contributed by atoms with Crippen molar-refractivity contribution in [3.8, 4) is 0 Å². The molecule has 28 heavy (non-hydrogen) atoms. The van der Waals surface area contributed by atoms with Crippen molar-refractivity contribution in [2.24, 2.45) is 0 Å². The van der Waals surface area contributed by atoms with Crippen molar-refractivity contribution in [1.82, 2.24) is 20.5 Å². The van der Waals surface area contributed by atoms with Gasteiger partial charge in [-0.1, -0.05) is 17.7 Å². The second kappa shape index (κ2) is 8.09. The molecule has 4 N–H and O–H groups in total. The number of aromatic amines is 1. The molecule has 0 aliphatic rings. The number of rotatable bonds is 4. The molecule has 9 nitrogen and oxygen atoms in total. The molecule has 146 valence electrons. The molecular weight excluding hydrogens is 391 g/mol. The number of urea groups is 1. The smallest absolute Gasteiger partial charge is 0.412 e. The van der Waals surface area contributed by atoms with Crippen LogP contribution >= 0.6 is 11.6 Å². The first-order chi connectivity index (χ1) is 13.4. The number of ether oxygens (including phenoxy) is 1. The van der Waals surface area contributed by atoms with Crippen molar-refractivity contribution in [2.75, 3.05) is 17.7 Å². The SMILES string of the molecule is COC(=O)Nc1n[nH]c2cc(NC(=O)N[C@H](C)c3ccc(Cl)c(F)c3)ncc12. The van der Waals surface area contributed by atoms with Crippen LogP contribution in [0.1, 0.15) is 18.5 Å². The van der Waals surface area contributed by atoms with Crippen LogP contribution < -0.4 is 16.0 Å². The van der Waals surface area contributed by atoms with Gasteiger partial charge in [0.05, 0.1) is 29.1 Å². The summed E-state index contributed by atoms with van der Waals surface area (Å²) in [5.74, 6) is -0.0487. The molecule has 0 radical (unpaired) electrons. The summed E-state index contributed by atoms with van der Waals surface area (Å²) in [6.45, 7) is 1.71. The van der Waals surface area contributed by atoms with Crippen LogP contribution in [-0.2, 0) is 4.74 Å². The maximum atomic E-state index is 13.6. The molecule has 0 aliphatic heterocycles. The molecule has 0 saturated heterocycles. The minimum absolute atomic E-state index is 0.0125. The van der Waals surface area contributed by atoms with Gasteiger partial charge in [-0.3, -0.25) is 15.7 Å². The number of pyridine rings is 1. The zero-order chi connectivity index (χ0) is 20.3. The number of fused-ring (bicyclic) bond motifs is 1. The molecule has 2 aromatic heterocycles. The van der Waals surface area contributed by atoms with Gasteiger partial charge in [-0.2, -0.15) is 5.10 Å². The maximum absolute atomic E-state index is 13.6. The second-order valence-electron chi connectivity index (χ2n) is 5.80. The van der Waals surface area contributed by atoms with Gasteiger partial charge in [-0.15, -0.1) is 0 Å². The fraction of sp³-hybridized carbons (Fsp3) is 0.176. The Hall–Kier alpha value is -3.40. The lowest BCUT2D eigenvalue weighted by Gasteiger charge is -2.15. The molecule has 2 heterocycles. The van der Waals surface area contributed by atoms with Gasteiger partial charge in [-0.25, -0.2) is 19.0 Å². The van der Waals surface area contributed by atoms with Gasteiger partial charge in [0.1, 0.15) is 11.6 Å². The molecule has 0 fully saturated rings. The van der Waals surface area contributed by atoms with E-state index < -0.39 is 24.0 Å². The lowest BCUT2D eigenvalue weighted by atomic mass is 10.1. The van der Waals surface area contributed by atoms with E-state index in [-0.39, 0.29) is 16.7 Å². The zero-order valence-electron chi connectivity index (χ0n) is 14.8. The molecule has 3 amide bonds. The van der Waals surface area contributed by atoms with Crippen molar-refractivity contribution in [2.45, 2.75) is 13.0 Å². The number of carbonyl (C=O) groups excluding carboxylic acids is 2. The first kappa shape index (κ1) is 19.4. The van der Waals surface area contributed by atoms with E-state index in [0.717, 1.165) is 0 Å². The van der Waals surface area contributed by atoms with Gasteiger partial charge < -0.3 is 10.1 Å². The standard InChI is InChI=1S/C17H16ClFN6O3/c1-8(9-3-4-11(18)12(19)5-9)21-16(26)22-14-6-13-10(7-20-14)15(25-24-13)23-17(27)28-2/h3-8H,1-2H3,(H2,20,21,22,26)(H2,23,24,25,27)/t8-/m1/s1. The van der Waals surface area contributed by atoms with Crippen LogP contribution in [0.15, 0.2) is 30.5 Å². The van der Waals surface area contributed by atoms with Gasteiger partial charge in [0.2, 0.25) is 0 Å². The Balaban J connectivity index is 1.67. The van der Waals surface area contributed by atoms with Crippen LogP contribution in [0.3, 0.4) is 0 Å². The number of hydrogen-bond acceptors (Lipinski definition) is 5. The van der Waals surface area contributed by atoms with E-state index in [1.807, 2.05) is 0 Å². The van der Waals surface area contributed by atoms with Gasteiger partial charge in [0.15, 0.2) is 5.82 Å². The molecule has 11 heteroatoms. The third-order valence-electron chi connectivity index (χ3n) is 3.89. The predicted molar refractivity (Wildman–Crippen MR) is 102 cm³/mol. The Bertz CT molecular complexity index is 1040. The molecule has 0 saturated carbocycles.